The van der Waals surface area contributed by atoms with Gasteiger partial charge in [0.1, 0.15) is 16.3 Å². The summed E-state index contributed by atoms with van der Waals surface area (Å²) in [6, 6.07) is 5.70. The fraction of sp³-hybridized carbons (Fsp3) is 0.435. The number of anilines is 1. The molecule has 0 radical (unpaired) electrons. The second-order valence-corrected chi connectivity index (χ2v) is 10.4. The molecule has 2 aliphatic rings. The Balaban J connectivity index is 1.84. The van der Waals surface area contributed by atoms with Gasteiger partial charge in [0.05, 0.1) is 16.9 Å². The van der Waals surface area contributed by atoms with Crippen LogP contribution >= 0.6 is 0 Å². The zero-order valence-electron chi connectivity index (χ0n) is 19.4. The molecule has 0 unspecified atom stereocenters. The molecule has 10 heteroatoms. The molecule has 0 bridgehead atoms. The van der Waals surface area contributed by atoms with Crippen molar-refractivity contribution in [2.75, 3.05) is 11.6 Å². The monoisotopic (exact) mass is 470 g/mol. The van der Waals surface area contributed by atoms with E-state index in [4.69, 9.17) is 5.10 Å². The summed E-state index contributed by atoms with van der Waals surface area (Å²) < 4.78 is 36.1. The van der Waals surface area contributed by atoms with Crippen LogP contribution in [0.2, 0.25) is 0 Å². The SMILES string of the molecule is C=C1/C(=N\N(c2ccc3nn(C)cc3c2)C(C)(C)/N=C\CC)C(S(=O)(=O)O)=CN1CC1CC1. The second-order valence-electron chi connectivity index (χ2n) is 9.03. The van der Waals surface area contributed by atoms with Crippen LogP contribution in [-0.4, -0.2) is 51.8 Å². The van der Waals surface area contributed by atoms with E-state index in [2.05, 4.69) is 16.7 Å². The fourth-order valence-electron chi connectivity index (χ4n) is 3.83. The number of nitrogens with zero attached hydrogens (tertiary/aromatic N) is 6. The van der Waals surface area contributed by atoms with Crippen molar-refractivity contribution in [1.82, 2.24) is 14.7 Å². The third-order valence-corrected chi connectivity index (χ3v) is 6.57. The van der Waals surface area contributed by atoms with Crippen LogP contribution in [0.3, 0.4) is 0 Å². The first kappa shape index (κ1) is 23.2. The Morgan fingerprint density at radius 2 is 2.09 bits per heavy atom. The summed E-state index contributed by atoms with van der Waals surface area (Å²) in [5, 5.41) is 11.8. The zero-order chi connectivity index (χ0) is 24.0. The van der Waals surface area contributed by atoms with Gasteiger partial charge in [-0.2, -0.15) is 18.6 Å². The van der Waals surface area contributed by atoms with Crippen LogP contribution in [0.15, 0.2) is 57.9 Å². The van der Waals surface area contributed by atoms with Gasteiger partial charge in [0.25, 0.3) is 10.1 Å². The van der Waals surface area contributed by atoms with Gasteiger partial charge in [0, 0.05) is 37.6 Å². The van der Waals surface area contributed by atoms with Crippen molar-refractivity contribution in [3.05, 3.63) is 47.8 Å². The largest absolute Gasteiger partial charge is 0.345 e. The minimum Gasteiger partial charge on any atom is -0.345 e. The van der Waals surface area contributed by atoms with Crippen molar-refractivity contribution in [2.24, 2.45) is 23.1 Å². The summed E-state index contributed by atoms with van der Waals surface area (Å²) in [6.45, 7) is 10.5. The van der Waals surface area contributed by atoms with Gasteiger partial charge in [0.2, 0.25) is 0 Å². The first-order valence-corrected chi connectivity index (χ1v) is 12.4. The number of hydrazone groups is 1. The van der Waals surface area contributed by atoms with Gasteiger partial charge < -0.3 is 4.90 Å². The molecule has 2 heterocycles. The van der Waals surface area contributed by atoms with Gasteiger partial charge in [-0.3, -0.25) is 14.2 Å². The third kappa shape index (κ3) is 4.86. The van der Waals surface area contributed by atoms with Crippen molar-refractivity contribution in [1.29, 1.82) is 0 Å². The number of allylic oxidation sites excluding steroid dienone is 1. The predicted octanol–water partition coefficient (Wildman–Crippen LogP) is 3.92. The van der Waals surface area contributed by atoms with Gasteiger partial charge in [-0.15, -0.1) is 0 Å². The number of rotatable bonds is 8. The maximum absolute atomic E-state index is 12.2. The molecule has 1 N–H and O–H groups in total. The molecule has 1 saturated carbocycles. The highest BCUT2D eigenvalue weighted by Crippen LogP contribution is 2.36. The average Bonchev–Trinajstić information content (AvgIpc) is 3.38. The lowest BCUT2D eigenvalue weighted by Crippen LogP contribution is -2.40. The summed E-state index contributed by atoms with van der Waals surface area (Å²) in [5.41, 5.74) is 1.27. The molecular weight excluding hydrogens is 440 g/mol. The molecule has 9 nitrogen and oxygen atoms in total. The molecule has 0 saturated heterocycles. The van der Waals surface area contributed by atoms with Crippen molar-refractivity contribution in [3.63, 3.8) is 0 Å². The fourth-order valence-corrected chi connectivity index (χ4v) is 4.49. The van der Waals surface area contributed by atoms with Crippen molar-refractivity contribution < 1.29 is 13.0 Å². The van der Waals surface area contributed by atoms with Crippen LogP contribution in [-0.2, 0) is 17.2 Å². The van der Waals surface area contributed by atoms with Gasteiger partial charge in [-0.25, -0.2) is 5.01 Å². The molecule has 1 aliphatic carbocycles. The molecule has 1 aromatic heterocycles. The van der Waals surface area contributed by atoms with E-state index in [0.29, 0.717) is 23.8 Å². The Morgan fingerprint density at radius 3 is 2.73 bits per heavy atom. The van der Waals surface area contributed by atoms with E-state index in [0.717, 1.165) is 30.2 Å². The van der Waals surface area contributed by atoms with Crippen LogP contribution < -0.4 is 5.01 Å². The molecular formula is C23H30N6O3S. The van der Waals surface area contributed by atoms with E-state index < -0.39 is 15.8 Å². The number of aryl methyl sites for hydroxylation is 1. The van der Waals surface area contributed by atoms with E-state index in [1.807, 2.05) is 52.2 Å². The molecule has 4 rings (SSSR count). The number of aliphatic imine (C=N–C) groups is 1. The molecule has 0 atom stereocenters. The number of hydrogen-bond acceptors (Lipinski definition) is 7. The third-order valence-electron chi connectivity index (χ3n) is 5.71. The zero-order valence-corrected chi connectivity index (χ0v) is 20.2. The lowest BCUT2D eigenvalue weighted by Gasteiger charge is -2.34. The molecule has 2 aromatic rings. The summed E-state index contributed by atoms with van der Waals surface area (Å²) in [7, 11) is -2.65. The van der Waals surface area contributed by atoms with Gasteiger partial charge in [0.15, 0.2) is 0 Å². The first-order valence-electron chi connectivity index (χ1n) is 11.0. The normalized spacial score (nSPS) is 18.7. The Labute approximate surface area is 194 Å². The van der Waals surface area contributed by atoms with E-state index in [9.17, 15) is 13.0 Å². The lowest BCUT2D eigenvalue weighted by atomic mass is 10.1. The van der Waals surface area contributed by atoms with Crippen molar-refractivity contribution in [3.8, 4) is 0 Å². The minimum atomic E-state index is -4.51. The molecule has 0 amide bonds. The lowest BCUT2D eigenvalue weighted by molar-refractivity contribution is 0.464. The first-order chi connectivity index (χ1) is 15.5. The quantitative estimate of drug-likeness (QED) is 0.356. The van der Waals surface area contributed by atoms with Crippen molar-refractivity contribution >= 4 is 38.6 Å². The highest BCUT2D eigenvalue weighted by Gasteiger charge is 2.37. The number of hydrogen-bond donors (Lipinski definition) is 1. The summed E-state index contributed by atoms with van der Waals surface area (Å²) in [5.74, 6) is 0.495. The van der Waals surface area contributed by atoms with Gasteiger partial charge in [-0.1, -0.05) is 13.5 Å². The topological polar surface area (TPSA) is 103 Å². The summed E-state index contributed by atoms with van der Waals surface area (Å²) in [4.78, 5) is 6.18. The van der Waals surface area contributed by atoms with Crippen LogP contribution in [0.4, 0.5) is 5.69 Å². The van der Waals surface area contributed by atoms with Crippen LogP contribution in [0.5, 0.6) is 0 Å². The number of fused-ring (bicyclic) bond motifs is 1. The van der Waals surface area contributed by atoms with Crippen LogP contribution in [0.1, 0.15) is 40.0 Å². The Morgan fingerprint density at radius 1 is 1.36 bits per heavy atom. The highest BCUT2D eigenvalue weighted by atomic mass is 32.2. The molecule has 1 aromatic carbocycles. The number of aromatic nitrogens is 2. The van der Waals surface area contributed by atoms with E-state index in [1.165, 1.54) is 6.20 Å². The predicted molar refractivity (Wildman–Crippen MR) is 132 cm³/mol. The highest BCUT2D eigenvalue weighted by molar-refractivity contribution is 7.91. The summed E-state index contributed by atoms with van der Waals surface area (Å²) in [6.07, 6.45) is 8.08. The molecule has 176 valence electrons. The standard InChI is InChI=1S/C23H30N6O3S/c1-6-11-24-23(3,4)29(19-9-10-20-18(12-19)14-27(5)25-20)26-22-16(2)28(13-17-7-8-17)15-21(22)33(30,31)32/h9-12,14-15,17H,2,6-8,13H2,1,3-5H3,(H,30,31,32)/b24-11-,26-22+. The summed E-state index contributed by atoms with van der Waals surface area (Å²) >= 11 is 0. The maximum atomic E-state index is 12.2. The van der Waals surface area contributed by atoms with Gasteiger partial charge >= 0.3 is 0 Å². The Kier molecular flexibility index (Phi) is 5.92. The minimum absolute atomic E-state index is 0.115. The maximum Gasteiger partial charge on any atom is 0.298 e. The van der Waals surface area contributed by atoms with Crippen molar-refractivity contribution in [2.45, 2.75) is 45.7 Å². The Bertz CT molecular complexity index is 1280. The molecule has 1 aliphatic heterocycles. The van der Waals surface area contributed by atoms with E-state index in [1.54, 1.807) is 20.8 Å². The van der Waals surface area contributed by atoms with E-state index >= 15 is 0 Å². The molecule has 1 fully saturated rings. The average molecular weight is 471 g/mol. The second kappa shape index (κ2) is 8.42. The number of benzene rings is 1. The Hall–Kier alpha value is -2.98. The van der Waals surface area contributed by atoms with Crippen LogP contribution in [0, 0.1) is 5.92 Å². The van der Waals surface area contributed by atoms with Crippen LogP contribution in [0.25, 0.3) is 10.9 Å². The van der Waals surface area contributed by atoms with E-state index in [-0.39, 0.29) is 10.6 Å². The van der Waals surface area contributed by atoms with Gasteiger partial charge in [-0.05, 0) is 57.2 Å². The molecule has 0 spiro atoms. The smallest absolute Gasteiger partial charge is 0.298 e. The molecule has 33 heavy (non-hydrogen) atoms.